The Morgan fingerprint density at radius 3 is 2.80 bits per heavy atom. The van der Waals surface area contributed by atoms with E-state index in [1.165, 1.54) is 0 Å². The van der Waals surface area contributed by atoms with Crippen LogP contribution in [0.4, 0.5) is 0 Å². The fourth-order valence-electron chi connectivity index (χ4n) is 1.87. The van der Waals surface area contributed by atoms with E-state index in [1.54, 1.807) is 12.2 Å². The summed E-state index contributed by atoms with van der Waals surface area (Å²) >= 11 is 3.44. The third kappa shape index (κ3) is 6.83. The Morgan fingerprint density at radius 1 is 1.35 bits per heavy atom. The normalized spacial score (nSPS) is 12.5. The van der Waals surface area contributed by atoms with Crippen LogP contribution in [-0.4, -0.2) is 17.0 Å². The molecule has 0 radical (unpaired) electrons. The summed E-state index contributed by atoms with van der Waals surface area (Å²) in [6.07, 6.45) is 8.41. The highest BCUT2D eigenvalue weighted by Gasteiger charge is 2.03. The fourth-order valence-corrected chi connectivity index (χ4v) is 2.28. The van der Waals surface area contributed by atoms with E-state index in [4.69, 9.17) is 0 Å². The summed E-state index contributed by atoms with van der Waals surface area (Å²) in [5, 5.41) is 9.52. The van der Waals surface area contributed by atoms with Crippen LogP contribution in [0.25, 0.3) is 6.08 Å². The van der Waals surface area contributed by atoms with Crippen LogP contribution in [0.15, 0.2) is 47.5 Å². The van der Waals surface area contributed by atoms with E-state index in [1.807, 2.05) is 30.3 Å². The van der Waals surface area contributed by atoms with Crippen LogP contribution in [-0.2, 0) is 4.79 Å². The molecule has 0 saturated carbocycles. The molecule has 0 heterocycles. The van der Waals surface area contributed by atoms with Gasteiger partial charge in [0, 0.05) is 10.9 Å². The predicted molar refractivity (Wildman–Crippen MR) is 87.5 cm³/mol. The standard InChI is InChI=1S/C17H21BrO2/c1-2-7-15(19)9-4-5-10-16(20)13-12-14-8-3-6-11-17(14)18/h2-3,6,8,11-13,15,19H,1,4-5,7,9-10H2/b13-12+. The number of rotatable bonds is 9. The summed E-state index contributed by atoms with van der Waals surface area (Å²) in [4.78, 5) is 11.7. The van der Waals surface area contributed by atoms with Crippen molar-refractivity contribution in [1.29, 1.82) is 0 Å². The highest BCUT2D eigenvalue weighted by Crippen LogP contribution is 2.17. The lowest BCUT2D eigenvalue weighted by molar-refractivity contribution is -0.114. The molecule has 1 rings (SSSR count). The van der Waals surface area contributed by atoms with E-state index in [0.717, 1.165) is 29.3 Å². The molecule has 0 aliphatic heterocycles. The molecule has 0 aliphatic carbocycles. The molecule has 1 aromatic rings. The molecule has 0 saturated heterocycles. The average Bonchev–Trinajstić information content (AvgIpc) is 2.43. The smallest absolute Gasteiger partial charge is 0.155 e. The van der Waals surface area contributed by atoms with Gasteiger partial charge in [0.1, 0.15) is 0 Å². The molecule has 0 fully saturated rings. The Hall–Kier alpha value is -1.19. The lowest BCUT2D eigenvalue weighted by atomic mass is 10.1. The first-order valence-electron chi connectivity index (χ1n) is 6.88. The van der Waals surface area contributed by atoms with Gasteiger partial charge in [0.25, 0.3) is 0 Å². The van der Waals surface area contributed by atoms with Crippen LogP contribution in [0.2, 0.25) is 0 Å². The van der Waals surface area contributed by atoms with Gasteiger partial charge in [0.05, 0.1) is 6.10 Å². The monoisotopic (exact) mass is 336 g/mol. The maximum absolute atomic E-state index is 11.7. The van der Waals surface area contributed by atoms with Gasteiger partial charge in [0.2, 0.25) is 0 Å². The van der Waals surface area contributed by atoms with Crippen LogP contribution in [0.1, 0.15) is 37.7 Å². The summed E-state index contributed by atoms with van der Waals surface area (Å²) in [5.41, 5.74) is 1.00. The molecular formula is C17H21BrO2. The van der Waals surface area contributed by atoms with Gasteiger partial charge in [-0.1, -0.05) is 52.7 Å². The highest BCUT2D eigenvalue weighted by molar-refractivity contribution is 9.10. The number of hydrogen-bond acceptors (Lipinski definition) is 2. The number of ketones is 1. The number of aliphatic hydroxyl groups excluding tert-OH is 1. The third-order valence-corrected chi connectivity index (χ3v) is 3.73. The maximum Gasteiger partial charge on any atom is 0.155 e. The Balaban J connectivity index is 2.27. The lowest BCUT2D eigenvalue weighted by Crippen LogP contribution is -2.04. The first-order valence-corrected chi connectivity index (χ1v) is 7.67. The summed E-state index contributed by atoms with van der Waals surface area (Å²) in [7, 11) is 0. The van der Waals surface area contributed by atoms with Crippen molar-refractivity contribution >= 4 is 27.8 Å². The molecule has 0 spiro atoms. The molecule has 2 nitrogen and oxygen atoms in total. The van der Waals surface area contributed by atoms with Crippen molar-refractivity contribution in [3.63, 3.8) is 0 Å². The molecule has 0 amide bonds. The minimum Gasteiger partial charge on any atom is -0.393 e. The SMILES string of the molecule is C=CCC(O)CCCCC(=O)/C=C/c1ccccc1Br. The number of carbonyl (C=O) groups excluding carboxylic acids is 1. The number of hydrogen-bond donors (Lipinski definition) is 1. The van der Waals surface area contributed by atoms with E-state index >= 15 is 0 Å². The fraction of sp³-hybridized carbons (Fsp3) is 0.353. The van der Waals surface area contributed by atoms with Crippen molar-refractivity contribution < 1.29 is 9.90 Å². The van der Waals surface area contributed by atoms with Gasteiger partial charge in [-0.05, 0) is 37.0 Å². The van der Waals surface area contributed by atoms with Crippen molar-refractivity contribution in [3.8, 4) is 0 Å². The summed E-state index contributed by atoms with van der Waals surface area (Å²) in [6.45, 7) is 3.59. The quantitative estimate of drug-likeness (QED) is 0.408. The zero-order valence-corrected chi connectivity index (χ0v) is 13.2. The lowest BCUT2D eigenvalue weighted by Gasteiger charge is -2.06. The number of unbranched alkanes of at least 4 members (excludes halogenated alkanes) is 1. The summed E-state index contributed by atoms with van der Waals surface area (Å²) in [5.74, 6) is 0.124. The van der Waals surface area contributed by atoms with Gasteiger partial charge >= 0.3 is 0 Å². The van der Waals surface area contributed by atoms with Crippen molar-refractivity contribution in [2.75, 3.05) is 0 Å². The van der Waals surface area contributed by atoms with E-state index < -0.39 is 0 Å². The minimum absolute atomic E-state index is 0.124. The zero-order valence-electron chi connectivity index (χ0n) is 11.6. The van der Waals surface area contributed by atoms with Crippen molar-refractivity contribution in [1.82, 2.24) is 0 Å². The van der Waals surface area contributed by atoms with Crippen molar-refractivity contribution in [2.45, 2.75) is 38.2 Å². The largest absolute Gasteiger partial charge is 0.393 e. The number of halogens is 1. The Morgan fingerprint density at radius 2 is 2.10 bits per heavy atom. The second-order valence-electron chi connectivity index (χ2n) is 4.75. The molecule has 0 bridgehead atoms. The number of benzene rings is 1. The van der Waals surface area contributed by atoms with Crippen LogP contribution in [0, 0.1) is 0 Å². The summed E-state index contributed by atoms with van der Waals surface area (Å²) < 4.78 is 0.983. The molecule has 20 heavy (non-hydrogen) atoms. The van der Waals surface area contributed by atoms with E-state index in [2.05, 4.69) is 22.5 Å². The second kappa shape index (κ2) is 9.67. The third-order valence-electron chi connectivity index (χ3n) is 3.00. The summed E-state index contributed by atoms with van der Waals surface area (Å²) in [6, 6.07) is 7.79. The molecule has 108 valence electrons. The maximum atomic E-state index is 11.7. The predicted octanol–water partition coefficient (Wildman–Crippen LogP) is 4.53. The van der Waals surface area contributed by atoms with Gasteiger partial charge in [0.15, 0.2) is 5.78 Å². The van der Waals surface area contributed by atoms with Gasteiger partial charge < -0.3 is 5.11 Å². The second-order valence-corrected chi connectivity index (χ2v) is 5.60. The van der Waals surface area contributed by atoms with Gasteiger partial charge in [-0.15, -0.1) is 6.58 Å². The Labute approximate surface area is 129 Å². The van der Waals surface area contributed by atoms with Crippen LogP contribution >= 0.6 is 15.9 Å². The topological polar surface area (TPSA) is 37.3 Å². The molecule has 1 N–H and O–H groups in total. The molecule has 0 aliphatic rings. The molecule has 3 heteroatoms. The van der Waals surface area contributed by atoms with Gasteiger partial charge in [-0.25, -0.2) is 0 Å². The number of allylic oxidation sites excluding steroid dienone is 1. The molecule has 1 atom stereocenters. The molecule has 0 aromatic heterocycles. The van der Waals surface area contributed by atoms with Crippen molar-refractivity contribution in [3.05, 3.63) is 53.0 Å². The van der Waals surface area contributed by atoms with Gasteiger partial charge in [-0.2, -0.15) is 0 Å². The van der Waals surface area contributed by atoms with Crippen LogP contribution in [0.3, 0.4) is 0 Å². The molecule has 1 unspecified atom stereocenters. The van der Waals surface area contributed by atoms with E-state index in [-0.39, 0.29) is 11.9 Å². The number of carbonyl (C=O) groups is 1. The van der Waals surface area contributed by atoms with Crippen LogP contribution in [0.5, 0.6) is 0 Å². The van der Waals surface area contributed by atoms with E-state index in [9.17, 15) is 9.90 Å². The highest BCUT2D eigenvalue weighted by atomic mass is 79.9. The average molecular weight is 337 g/mol. The zero-order chi connectivity index (χ0) is 14.8. The Bertz CT molecular complexity index is 466. The molecule has 1 aromatic carbocycles. The minimum atomic E-state index is -0.321. The first kappa shape index (κ1) is 16.9. The molecular weight excluding hydrogens is 316 g/mol. The first-order chi connectivity index (χ1) is 9.63. The van der Waals surface area contributed by atoms with Crippen molar-refractivity contribution in [2.24, 2.45) is 0 Å². The van der Waals surface area contributed by atoms with Gasteiger partial charge in [-0.3, -0.25) is 4.79 Å². The van der Waals surface area contributed by atoms with Crippen LogP contribution < -0.4 is 0 Å². The van der Waals surface area contributed by atoms with E-state index in [0.29, 0.717) is 12.8 Å². The number of aliphatic hydroxyl groups is 1. The Kier molecular flexibility index (Phi) is 8.16.